The first-order valence-corrected chi connectivity index (χ1v) is 22.0. The predicted octanol–water partition coefficient (Wildman–Crippen LogP) is 17.5. The van der Waals surface area contributed by atoms with E-state index in [0.717, 1.165) is 51.4 Å². The molecule has 53 heavy (non-hydrogen) atoms. The zero-order valence-electron chi connectivity index (χ0n) is 42.3. The van der Waals surface area contributed by atoms with Crippen molar-refractivity contribution >= 4 is 0 Å². The largest absolute Gasteiger partial charge is 4.00 e. The molecule has 0 aliphatic heterocycles. The van der Waals surface area contributed by atoms with Crippen LogP contribution >= 0.6 is 0 Å². The second kappa shape index (κ2) is 26.5. The first-order chi connectivity index (χ1) is 23.2. The summed E-state index contributed by atoms with van der Waals surface area (Å²) in [4.78, 5) is 0. The van der Waals surface area contributed by atoms with E-state index in [2.05, 4.69) is 194 Å². The molecule has 0 heterocycles. The normalized spacial score (nSPS) is 13.6. The smallest absolute Gasteiger partial charge is 0.654 e. The van der Waals surface area contributed by atoms with Crippen molar-refractivity contribution in [2.75, 3.05) is 0 Å². The SMILES string of the molecule is CCC(CC)([N-]C(C)C)C(C)(C)C.CCC(CC)([N-]C(C)C)C(C)(C)C.CCC(CC)([N-]C(C)C)C(C)(C)C.CCC(CC)([N-]C(C)C)C(C)(C)C.[Ti+4]. The molecule has 0 saturated carbocycles. The summed E-state index contributed by atoms with van der Waals surface area (Å²) in [6.45, 7) is 63.0. The average molecular weight is 785 g/mol. The van der Waals surface area contributed by atoms with Gasteiger partial charge in [0.15, 0.2) is 0 Å². The molecule has 0 amide bonds. The fraction of sp³-hybridized carbons (Fsp3) is 1.00. The molecule has 4 nitrogen and oxygen atoms in total. The second-order valence-corrected chi connectivity index (χ2v) is 20.8. The summed E-state index contributed by atoms with van der Waals surface area (Å²) in [5.41, 5.74) is 1.79. The van der Waals surface area contributed by atoms with Crippen molar-refractivity contribution in [3.63, 3.8) is 0 Å². The van der Waals surface area contributed by atoms with Gasteiger partial charge in [-0.3, -0.25) is 0 Å². The van der Waals surface area contributed by atoms with E-state index in [4.69, 9.17) is 21.3 Å². The van der Waals surface area contributed by atoms with E-state index < -0.39 is 0 Å². The Bertz CT molecular complexity index is 702. The van der Waals surface area contributed by atoms with Crippen molar-refractivity contribution in [3.8, 4) is 0 Å². The Balaban J connectivity index is -0.000000192. The van der Waals surface area contributed by atoms with Crippen molar-refractivity contribution in [1.29, 1.82) is 0 Å². The van der Waals surface area contributed by atoms with Crippen LogP contribution in [0.4, 0.5) is 0 Å². The molecule has 0 rings (SSSR count). The first-order valence-electron chi connectivity index (χ1n) is 22.0. The minimum absolute atomic E-state index is 0. The number of hydrogen-bond donors (Lipinski definition) is 0. The van der Waals surface area contributed by atoms with E-state index in [1.807, 2.05) is 0 Å². The van der Waals surface area contributed by atoms with Gasteiger partial charge in [0.05, 0.1) is 0 Å². The van der Waals surface area contributed by atoms with Crippen LogP contribution in [0.5, 0.6) is 0 Å². The van der Waals surface area contributed by atoms with Gasteiger partial charge in [0, 0.05) is 0 Å². The third kappa shape index (κ3) is 20.7. The molecule has 0 saturated heterocycles. The maximum absolute atomic E-state index is 4.92. The molecule has 0 N–H and O–H groups in total. The second-order valence-electron chi connectivity index (χ2n) is 20.8. The minimum atomic E-state index is 0. The van der Waals surface area contributed by atoms with Gasteiger partial charge in [-0.05, 0) is 0 Å². The Kier molecular flexibility index (Phi) is 31.4. The Morgan fingerprint density at radius 1 is 0.264 bits per heavy atom. The van der Waals surface area contributed by atoms with Crippen LogP contribution in [-0.4, -0.2) is 46.3 Å². The monoisotopic (exact) mass is 785 g/mol. The molecule has 0 aromatic rings. The van der Waals surface area contributed by atoms with E-state index in [1.54, 1.807) is 0 Å². The first kappa shape index (κ1) is 62.7. The van der Waals surface area contributed by atoms with Crippen molar-refractivity contribution in [2.45, 2.75) is 292 Å². The summed E-state index contributed by atoms with van der Waals surface area (Å²) in [6, 6.07) is 1.77. The van der Waals surface area contributed by atoms with Crippen LogP contribution < -0.4 is 0 Å². The topological polar surface area (TPSA) is 56.4 Å². The zero-order chi connectivity index (χ0) is 42.8. The van der Waals surface area contributed by atoms with E-state index >= 15 is 0 Å². The summed E-state index contributed by atoms with van der Waals surface area (Å²) in [5, 5.41) is 19.7. The molecule has 0 aliphatic carbocycles. The van der Waals surface area contributed by atoms with E-state index in [9.17, 15) is 0 Å². The molecule has 0 unspecified atom stereocenters. The van der Waals surface area contributed by atoms with Crippen LogP contribution in [0, 0.1) is 21.7 Å². The van der Waals surface area contributed by atoms with Gasteiger partial charge in [0.25, 0.3) is 0 Å². The standard InChI is InChI=1S/4C12H26N.Ti/c4*1-8-12(9-2,11(5,6)7)13-10(3)4;/h4*10H,8-9H2,1-7H3;/q4*-1;+4. The third-order valence-electron chi connectivity index (χ3n) is 12.3. The van der Waals surface area contributed by atoms with Gasteiger partial charge in [0.1, 0.15) is 0 Å². The van der Waals surface area contributed by atoms with E-state index in [0.29, 0.717) is 24.2 Å². The molecular weight excluding hydrogens is 680 g/mol. The summed E-state index contributed by atoms with van der Waals surface area (Å²) < 4.78 is 0. The predicted molar refractivity (Wildman–Crippen MR) is 245 cm³/mol. The Labute approximate surface area is 354 Å². The van der Waals surface area contributed by atoms with Crippen LogP contribution in [0.15, 0.2) is 0 Å². The maximum Gasteiger partial charge on any atom is 4.00 e. The molecule has 0 aromatic carbocycles. The number of hydrogen-bond acceptors (Lipinski definition) is 0. The molecule has 0 atom stereocenters. The molecule has 320 valence electrons. The van der Waals surface area contributed by atoms with Gasteiger partial charge < -0.3 is 21.3 Å². The summed E-state index contributed by atoms with van der Waals surface area (Å²) in [7, 11) is 0. The summed E-state index contributed by atoms with van der Waals surface area (Å²) >= 11 is 0. The van der Waals surface area contributed by atoms with Gasteiger partial charge in [0.2, 0.25) is 0 Å². The van der Waals surface area contributed by atoms with Gasteiger partial charge in [-0.15, -0.1) is 46.3 Å². The molecule has 5 heteroatoms. The summed E-state index contributed by atoms with van der Waals surface area (Å²) in [6.07, 6.45) is 9.15. The molecule has 0 aliphatic rings. The quantitative estimate of drug-likeness (QED) is 0.140. The van der Waals surface area contributed by atoms with Gasteiger partial charge in [-0.25, -0.2) is 0 Å². The number of rotatable bonds is 16. The molecule has 0 spiro atoms. The Morgan fingerprint density at radius 2 is 0.358 bits per heavy atom. The van der Waals surface area contributed by atoms with Crippen molar-refractivity contribution in [1.82, 2.24) is 0 Å². The third-order valence-corrected chi connectivity index (χ3v) is 12.3. The Hall–Kier alpha value is 0.554. The Morgan fingerprint density at radius 3 is 0.377 bits per heavy atom. The summed E-state index contributed by atoms with van der Waals surface area (Å²) in [5.74, 6) is 0. The van der Waals surface area contributed by atoms with Crippen LogP contribution in [-0.2, 0) is 21.7 Å². The molecule has 0 bridgehead atoms. The van der Waals surface area contributed by atoms with Crippen molar-refractivity contribution in [3.05, 3.63) is 21.3 Å². The maximum atomic E-state index is 4.92. The van der Waals surface area contributed by atoms with Crippen LogP contribution in [0.25, 0.3) is 21.3 Å². The van der Waals surface area contributed by atoms with Crippen LogP contribution in [0.3, 0.4) is 0 Å². The van der Waals surface area contributed by atoms with Crippen molar-refractivity contribution in [2.24, 2.45) is 21.7 Å². The van der Waals surface area contributed by atoms with Crippen molar-refractivity contribution < 1.29 is 21.7 Å². The molecule has 0 fully saturated rings. The average Bonchev–Trinajstić information content (AvgIpc) is 2.98. The zero-order valence-corrected chi connectivity index (χ0v) is 43.8. The van der Waals surface area contributed by atoms with Gasteiger partial charge >= 0.3 is 21.7 Å². The van der Waals surface area contributed by atoms with E-state index in [1.165, 1.54) is 0 Å². The minimum Gasteiger partial charge on any atom is -0.654 e. The molecular formula is C48H104N4Ti. The van der Waals surface area contributed by atoms with E-state index in [-0.39, 0.29) is 65.5 Å². The van der Waals surface area contributed by atoms with Crippen LogP contribution in [0.1, 0.15) is 245 Å². The molecule has 0 radical (unpaired) electrons. The fourth-order valence-corrected chi connectivity index (χ4v) is 8.72. The van der Waals surface area contributed by atoms with Gasteiger partial charge in [-0.2, -0.15) is 0 Å². The van der Waals surface area contributed by atoms with Crippen LogP contribution in [0.2, 0.25) is 0 Å². The molecule has 0 aromatic heterocycles. The fourth-order valence-electron chi connectivity index (χ4n) is 8.72. The van der Waals surface area contributed by atoms with Gasteiger partial charge in [-0.1, -0.05) is 267 Å². The number of nitrogens with zero attached hydrogens (tertiary/aromatic N) is 4.